The van der Waals surface area contributed by atoms with Crippen molar-refractivity contribution in [1.82, 2.24) is 25.9 Å². The highest BCUT2D eigenvalue weighted by molar-refractivity contribution is 5.96. The van der Waals surface area contributed by atoms with Gasteiger partial charge in [0.15, 0.2) is 5.82 Å². The molecule has 1 amide bonds. The number of hydrogen-bond donors (Lipinski definition) is 4. The van der Waals surface area contributed by atoms with Gasteiger partial charge in [0.1, 0.15) is 0 Å². The van der Waals surface area contributed by atoms with Crippen LogP contribution in [0.2, 0.25) is 0 Å². The van der Waals surface area contributed by atoms with E-state index < -0.39 is 0 Å². The number of nitrogens with one attached hydrogen (secondary N) is 3. The number of tetrazole rings is 1. The highest BCUT2D eigenvalue weighted by Gasteiger charge is 2.07. The Labute approximate surface area is 109 Å². The molecule has 0 aliphatic carbocycles. The van der Waals surface area contributed by atoms with Gasteiger partial charge in [0.2, 0.25) is 0 Å². The minimum absolute atomic E-state index is 0.140. The molecule has 0 saturated carbocycles. The number of amides is 1. The van der Waals surface area contributed by atoms with Gasteiger partial charge in [0.25, 0.3) is 5.91 Å². The summed E-state index contributed by atoms with van der Waals surface area (Å²) in [6, 6.07) is 5.09. The predicted molar refractivity (Wildman–Crippen MR) is 70.4 cm³/mol. The average molecular weight is 261 g/mol. The van der Waals surface area contributed by atoms with Crippen molar-refractivity contribution in [2.24, 2.45) is 0 Å². The SMILES string of the molecule is CCNC(=O)c1ccc(NCc2nn[nH]n2)c(N)c1. The molecule has 0 saturated heterocycles. The lowest BCUT2D eigenvalue weighted by molar-refractivity contribution is 0.0956. The van der Waals surface area contributed by atoms with Crippen LogP contribution in [0.4, 0.5) is 11.4 Å². The fraction of sp³-hybridized carbons (Fsp3) is 0.273. The summed E-state index contributed by atoms with van der Waals surface area (Å²) in [5, 5.41) is 19.2. The first kappa shape index (κ1) is 12.8. The summed E-state index contributed by atoms with van der Waals surface area (Å²) >= 11 is 0. The summed E-state index contributed by atoms with van der Waals surface area (Å²) in [7, 11) is 0. The van der Waals surface area contributed by atoms with Crippen LogP contribution in [0.1, 0.15) is 23.1 Å². The summed E-state index contributed by atoms with van der Waals surface area (Å²) in [6.07, 6.45) is 0. The van der Waals surface area contributed by atoms with Crippen molar-refractivity contribution < 1.29 is 4.79 Å². The number of carbonyl (C=O) groups is 1. The molecule has 0 unspecified atom stereocenters. The van der Waals surface area contributed by atoms with Crippen LogP contribution in [0.3, 0.4) is 0 Å². The Bertz CT molecular complexity index is 552. The van der Waals surface area contributed by atoms with Gasteiger partial charge in [0, 0.05) is 12.1 Å². The molecule has 2 aromatic rings. The Balaban J connectivity index is 2.04. The lowest BCUT2D eigenvalue weighted by Gasteiger charge is -2.09. The van der Waals surface area contributed by atoms with Crippen LogP contribution >= 0.6 is 0 Å². The molecule has 0 spiro atoms. The second-order valence-electron chi connectivity index (χ2n) is 3.84. The standard InChI is InChI=1S/C11H15N7O/c1-2-13-11(19)7-3-4-9(8(12)5-7)14-6-10-15-17-18-16-10/h3-5,14H,2,6,12H2,1H3,(H,13,19)(H,15,16,17,18). The van der Waals surface area contributed by atoms with Gasteiger partial charge in [-0.15, -0.1) is 10.2 Å². The van der Waals surface area contributed by atoms with Gasteiger partial charge in [0.05, 0.1) is 17.9 Å². The summed E-state index contributed by atoms with van der Waals surface area (Å²) < 4.78 is 0. The molecule has 100 valence electrons. The summed E-state index contributed by atoms with van der Waals surface area (Å²) in [6.45, 7) is 2.85. The zero-order valence-electron chi connectivity index (χ0n) is 10.5. The van der Waals surface area contributed by atoms with E-state index in [1.54, 1.807) is 18.2 Å². The number of anilines is 2. The molecule has 19 heavy (non-hydrogen) atoms. The number of hydrogen-bond acceptors (Lipinski definition) is 6. The van der Waals surface area contributed by atoms with E-state index in [4.69, 9.17) is 5.73 Å². The first-order valence-electron chi connectivity index (χ1n) is 5.84. The Kier molecular flexibility index (Phi) is 3.91. The fourth-order valence-electron chi connectivity index (χ4n) is 1.56. The minimum Gasteiger partial charge on any atom is -0.397 e. The number of carbonyl (C=O) groups excluding carboxylic acids is 1. The number of rotatable bonds is 5. The molecular formula is C11H15N7O. The van der Waals surface area contributed by atoms with Gasteiger partial charge in [-0.05, 0) is 25.1 Å². The van der Waals surface area contributed by atoms with Gasteiger partial charge in [-0.2, -0.15) is 5.21 Å². The molecule has 8 heteroatoms. The molecule has 2 rings (SSSR count). The van der Waals surface area contributed by atoms with E-state index in [1.807, 2.05) is 6.92 Å². The molecule has 0 radical (unpaired) electrons. The average Bonchev–Trinajstić information content (AvgIpc) is 2.90. The van der Waals surface area contributed by atoms with E-state index in [1.165, 1.54) is 0 Å². The molecule has 0 aliphatic rings. The van der Waals surface area contributed by atoms with Crippen LogP contribution in [-0.2, 0) is 6.54 Å². The Morgan fingerprint density at radius 2 is 2.32 bits per heavy atom. The maximum Gasteiger partial charge on any atom is 0.251 e. The van der Waals surface area contributed by atoms with Crippen LogP contribution < -0.4 is 16.4 Å². The lowest BCUT2D eigenvalue weighted by atomic mass is 10.1. The van der Waals surface area contributed by atoms with Crippen LogP contribution in [0, 0.1) is 0 Å². The number of aromatic nitrogens is 4. The van der Waals surface area contributed by atoms with Crippen LogP contribution in [0.5, 0.6) is 0 Å². The predicted octanol–water partition coefficient (Wildman–Crippen LogP) is 0.144. The molecule has 1 aromatic carbocycles. The van der Waals surface area contributed by atoms with E-state index in [0.717, 1.165) is 5.69 Å². The Hall–Kier alpha value is -2.64. The van der Waals surface area contributed by atoms with Crippen molar-refractivity contribution in [3.05, 3.63) is 29.6 Å². The summed E-state index contributed by atoms with van der Waals surface area (Å²) in [5.74, 6) is 0.395. The van der Waals surface area contributed by atoms with Gasteiger partial charge in [-0.25, -0.2) is 0 Å². The molecule has 1 heterocycles. The van der Waals surface area contributed by atoms with E-state index in [0.29, 0.717) is 30.2 Å². The maximum atomic E-state index is 11.6. The Morgan fingerprint density at radius 3 is 2.95 bits per heavy atom. The van der Waals surface area contributed by atoms with E-state index >= 15 is 0 Å². The molecule has 8 nitrogen and oxygen atoms in total. The van der Waals surface area contributed by atoms with Crippen molar-refractivity contribution in [2.45, 2.75) is 13.5 Å². The highest BCUT2D eigenvalue weighted by Crippen LogP contribution is 2.20. The fourth-order valence-corrected chi connectivity index (χ4v) is 1.56. The van der Waals surface area contributed by atoms with Crippen molar-refractivity contribution in [1.29, 1.82) is 0 Å². The minimum atomic E-state index is -0.140. The molecule has 0 aliphatic heterocycles. The monoisotopic (exact) mass is 261 g/mol. The molecule has 0 bridgehead atoms. The lowest BCUT2D eigenvalue weighted by Crippen LogP contribution is -2.22. The van der Waals surface area contributed by atoms with Gasteiger partial charge in [-0.1, -0.05) is 5.21 Å². The van der Waals surface area contributed by atoms with Crippen LogP contribution in [-0.4, -0.2) is 33.1 Å². The number of nitrogen functional groups attached to an aromatic ring is 1. The smallest absolute Gasteiger partial charge is 0.251 e. The third-order valence-corrected chi connectivity index (χ3v) is 2.48. The first-order chi connectivity index (χ1) is 9.20. The molecule has 0 atom stereocenters. The van der Waals surface area contributed by atoms with Crippen molar-refractivity contribution in [3.8, 4) is 0 Å². The molecule has 0 fully saturated rings. The van der Waals surface area contributed by atoms with Crippen molar-refractivity contribution in [2.75, 3.05) is 17.6 Å². The second kappa shape index (κ2) is 5.80. The zero-order valence-corrected chi connectivity index (χ0v) is 10.5. The number of aromatic amines is 1. The largest absolute Gasteiger partial charge is 0.397 e. The van der Waals surface area contributed by atoms with Crippen molar-refractivity contribution >= 4 is 17.3 Å². The topological polar surface area (TPSA) is 122 Å². The van der Waals surface area contributed by atoms with Gasteiger partial charge < -0.3 is 16.4 Å². The van der Waals surface area contributed by atoms with Gasteiger partial charge >= 0.3 is 0 Å². The summed E-state index contributed by atoms with van der Waals surface area (Å²) in [5.41, 5.74) is 7.63. The molecule has 5 N–H and O–H groups in total. The van der Waals surface area contributed by atoms with E-state index in [-0.39, 0.29) is 5.91 Å². The van der Waals surface area contributed by atoms with E-state index in [2.05, 4.69) is 31.3 Å². The Morgan fingerprint density at radius 1 is 1.47 bits per heavy atom. The van der Waals surface area contributed by atoms with Crippen molar-refractivity contribution in [3.63, 3.8) is 0 Å². The van der Waals surface area contributed by atoms with E-state index in [9.17, 15) is 4.79 Å². The maximum absolute atomic E-state index is 11.6. The number of benzene rings is 1. The van der Waals surface area contributed by atoms with Crippen LogP contribution in [0.15, 0.2) is 18.2 Å². The number of nitrogens with zero attached hydrogens (tertiary/aromatic N) is 3. The zero-order chi connectivity index (χ0) is 13.7. The summed E-state index contributed by atoms with van der Waals surface area (Å²) in [4.78, 5) is 11.6. The molecule has 1 aromatic heterocycles. The third kappa shape index (κ3) is 3.18. The highest BCUT2D eigenvalue weighted by atomic mass is 16.1. The second-order valence-corrected chi connectivity index (χ2v) is 3.84. The molecular weight excluding hydrogens is 246 g/mol. The first-order valence-corrected chi connectivity index (χ1v) is 5.84. The quantitative estimate of drug-likeness (QED) is 0.568. The van der Waals surface area contributed by atoms with Gasteiger partial charge in [-0.3, -0.25) is 4.79 Å². The number of H-pyrrole nitrogens is 1. The third-order valence-electron chi connectivity index (χ3n) is 2.48. The van der Waals surface area contributed by atoms with Crippen LogP contribution in [0.25, 0.3) is 0 Å². The normalized spacial score (nSPS) is 10.2. The number of nitrogens with two attached hydrogens (primary N) is 1.